The van der Waals surface area contributed by atoms with Gasteiger partial charge in [0.05, 0.1) is 25.4 Å². The summed E-state index contributed by atoms with van der Waals surface area (Å²) in [5, 5.41) is 26.6. The molecule has 11 heavy (non-hydrogen) atoms. The molecule has 1 fully saturated rings. The molecular weight excluding hydrogens is 148 g/mol. The van der Waals surface area contributed by atoms with Gasteiger partial charge < -0.3 is 20.1 Å². The zero-order valence-electron chi connectivity index (χ0n) is 6.31. The summed E-state index contributed by atoms with van der Waals surface area (Å²) in [6, 6.07) is 0. The molecule has 4 heteroatoms. The fourth-order valence-electron chi connectivity index (χ4n) is 1.43. The van der Waals surface area contributed by atoms with Gasteiger partial charge in [-0.3, -0.25) is 0 Å². The molecule has 66 valence electrons. The Balaban J connectivity index is 2.42. The van der Waals surface area contributed by atoms with Gasteiger partial charge in [0, 0.05) is 12.5 Å². The van der Waals surface area contributed by atoms with Crippen LogP contribution in [0, 0.1) is 5.92 Å². The van der Waals surface area contributed by atoms with E-state index in [-0.39, 0.29) is 31.8 Å². The van der Waals surface area contributed by atoms with E-state index < -0.39 is 6.10 Å². The molecule has 0 aliphatic carbocycles. The van der Waals surface area contributed by atoms with Crippen LogP contribution in [0.15, 0.2) is 0 Å². The number of rotatable bonds is 3. The topological polar surface area (TPSA) is 69.9 Å². The van der Waals surface area contributed by atoms with Crippen LogP contribution in [-0.4, -0.2) is 47.3 Å². The summed E-state index contributed by atoms with van der Waals surface area (Å²) in [7, 11) is 0. The molecule has 0 amide bonds. The third kappa shape index (κ3) is 1.90. The molecule has 0 bridgehead atoms. The van der Waals surface area contributed by atoms with Gasteiger partial charge in [0.25, 0.3) is 0 Å². The molecule has 1 heterocycles. The van der Waals surface area contributed by atoms with Crippen LogP contribution in [0.4, 0.5) is 0 Å². The van der Waals surface area contributed by atoms with E-state index in [4.69, 9.17) is 14.9 Å². The van der Waals surface area contributed by atoms with Gasteiger partial charge in [-0.25, -0.2) is 0 Å². The second-order valence-electron chi connectivity index (χ2n) is 2.80. The lowest BCUT2D eigenvalue weighted by atomic mass is 9.96. The summed E-state index contributed by atoms with van der Waals surface area (Å²) in [6.45, 7) is 0.221. The average molecular weight is 162 g/mol. The van der Waals surface area contributed by atoms with Crippen LogP contribution in [0.5, 0.6) is 0 Å². The van der Waals surface area contributed by atoms with Crippen molar-refractivity contribution in [3.63, 3.8) is 0 Å². The van der Waals surface area contributed by atoms with Gasteiger partial charge in [-0.15, -0.1) is 0 Å². The monoisotopic (exact) mass is 162 g/mol. The third-order valence-corrected chi connectivity index (χ3v) is 2.10. The maximum Gasteiger partial charge on any atom is 0.0861 e. The average Bonchev–Trinajstić information content (AvgIpc) is 2.34. The maximum absolute atomic E-state index is 9.27. The van der Waals surface area contributed by atoms with Crippen LogP contribution in [0.1, 0.15) is 6.42 Å². The predicted molar refractivity (Wildman–Crippen MR) is 38.0 cm³/mol. The molecule has 1 rings (SSSR count). The highest BCUT2D eigenvalue weighted by atomic mass is 16.5. The Morgan fingerprint density at radius 1 is 1.36 bits per heavy atom. The first-order valence-corrected chi connectivity index (χ1v) is 3.81. The largest absolute Gasteiger partial charge is 0.396 e. The molecule has 0 aromatic heterocycles. The van der Waals surface area contributed by atoms with Gasteiger partial charge in [-0.1, -0.05) is 0 Å². The van der Waals surface area contributed by atoms with E-state index in [1.54, 1.807) is 0 Å². The van der Waals surface area contributed by atoms with Crippen LogP contribution in [0.3, 0.4) is 0 Å². The Kier molecular flexibility index (Phi) is 3.26. The molecule has 4 nitrogen and oxygen atoms in total. The van der Waals surface area contributed by atoms with Gasteiger partial charge in [0.1, 0.15) is 0 Å². The van der Waals surface area contributed by atoms with Crippen molar-refractivity contribution in [2.45, 2.75) is 18.6 Å². The van der Waals surface area contributed by atoms with E-state index in [1.165, 1.54) is 0 Å². The van der Waals surface area contributed by atoms with Gasteiger partial charge in [0.15, 0.2) is 0 Å². The van der Waals surface area contributed by atoms with Crippen molar-refractivity contribution in [1.82, 2.24) is 0 Å². The quantitative estimate of drug-likeness (QED) is 0.484. The van der Waals surface area contributed by atoms with Gasteiger partial charge in [0.2, 0.25) is 0 Å². The van der Waals surface area contributed by atoms with E-state index in [9.17, 15) is 5.11 Å². The molecule has 1 aliphatic heterocycles. The van der Waals surface area contributed by atoms with Crippen molar-refractivity contribution >= 4 is 0 Å². The summed E-state index contributed by atoms with van der Waals surface area (Å²) < 4.78 is 5.07. The summed E-state index contributed by atoms with van der Waals surface area (Å²) in [5.41, 5.74) is 0. The number of hydrogen-bond donors (Lipinski definition) is 3. The minimum Gasteiger partial charge on any atom is -0.396 e. The number of aliphatic hydroxyl groups is 3. The van der Waals surface area contributed by atoms with Crippen LogP contribution >= 0.6 is 0 Å². The first-order chi connectivity index (χ1) is 5.29. The SMILES string of the molecule is OCCC1C(O)COC1CO. The lowest BCUT2D eigenvalue weighted by Crippen LogP contribution is -2.27. The molecule has 3 N–H and O–H groups in total. The lowest BCUT2D eigenvalue weighted by molar-refractivity contribution is 0.0348. The fraction of sp³-hybridized carbons (Fsp3) is 1.00. The van der Waals surface area contributed by atoms with Crippen molar-refractivity contribution in [3.8, 4) is 0 Å². The van der Waals surface area contributed by atoms with Gasteiger partial charge in [-0.05, 0) is 6.42 Å². The van der Waals surface area contributed by atoms with Gasteiger partial charge in [-0.2, -0.15) is 0 Å². The fourth-order valence-corrected chi connectivity index (χ4v) is 1.43. The highest BCUT2D eigenvalue weighted by molar-refractivity contribution is 4.82. The van der Waals surface area contributed by atoms with Crippen molar-refractivity contribution in [1.29, 1.82) is 0 Å². The summed E-state index contributed by atoms with van der Waals surface area (Å²) in [5.74, 6) is -0.106. The summed E-state index contributed by atoms with van der Waals surface area (Å²) >= 11 is 0. The number of aliphatic hydroxyl groups excluding tert-OH is 3. The molecule has 1 saturated heterocycles. The van der Waals surface area contributed by atoms with Crippen LogP contribution in [0.2, 0.25) is 0 Å². The molecule has 0 radical (unpaired) electrons. The lowest BCUT2D eigenvalue weighted by Gasteiger charge is -2.16. The zero-order valence-corrected chi connectivity index (χ0v) is 6.31. The van der Waals surface area contributed by atoms with Crippen LogP contribution < -0.4 is 0 Å². The Morgan fingerprint density at radius 3 is 2.64 bits per heavy atom. The van der Waals surface area contributed by atoms with Crippen LogP contribution in [0.25, 0.3) is 0 Å². The summed E-state index contributed by atoms with van der Waals surface area (Å²) in [4.78, 5) is 0. The van der Waals surface area contributed by atoms with E-state index >= 15 is 0 Å². The van der Waals surface area contributed by atoms with Crippen molar-refractivity contribution < 1.29 is 20.1 Å². The summed E-state index contributed by atoms with van der Waals surface area (Å²) in [6.07, 6.45) is -0.330. The van der Waals surface area contributed by atoms with E-state index in [2.05, 4.69) is 0 Å². The minimum atomic E-state index is -0.528. The molecule has 3 unspecified atom stereocenters. The first kappa shape index (κ1) is 8.93. The Bertz CT molecular complexity index is 117. The molecular formula is C7H14O4. The Hall–Kier alpha value is -0.160. The zero-order chi connectivity index (χ0) is 8.27. The molecule has 3 atom stereocenters. The molecule has 0 spiro atoms. The number of hydrogen-bond acceptors (Lipinski definition) is 4. The van der Waals surface area contributed by atoms with Gasteiger partial charge >= 0.3 is 0 Å². The van der Waals surface area contributed by atoms with E-state index in [0.717, 1.165) is 0 Å². The standard InChI is InChI=1S/C7H14O4/c8-2-1-5-6(10)4-11-7(5)3-9/h5-10H,1-4H2. The number of ether oxygens (including phenoxy) is 1. The molecule has 1 aliphatic rings. The third-order valence-electron chi connectivity index (χ3n) is 2.10. The molecule has 0 aromatic rings. The normalized spacial score (nSPS) is 37.9. The van der Waals surface area contributed by atoms with E-state index in [1.807, 2.05) is 0 Å². The predicted octanol–water partition coefficient (Wildman–Crippen LogP) is -1.26. The minimum absolute atomic E-state index is 0.0294. The second kappa shape index (κ2) is 4.01. The van der Waals surface area contributed by atoms with E-state index in [0.29, 0.717) is 6.42 Å². The Morgan fingerprint density at radius 2 is 2.09 bits per heavy atom. The highest BCUT2D eigenvalue weighted by Crippen LogP contribution is 2.23. The van der Waals surface area contributed by atoms with Crippen molar-refractivity contribution in [2.24, 2.45) is 5.92 Å². The highest BCUT2D eigenvalue weighted by Gasteiger charge is 2.34. The van der Waals surface area contributed by atoms with Crippen molar-refractivity contribution in [2.75, 3.05) is 19.8 Å². The Labute approximate surface area is 65.4 Å². The van der Waals surface area contributed by atoms with Crippen molar-refractivity contribution in [3.05, 3.63) is 0 Å². The smallest absolute Gasteiger partial charge is 0.0861 e. The second-order valence-corrected chi connectivity index (χ2v) is 2.80. The maximum atomic E-state index is 9.27. The molecule has 0 saturated carbocycles. The van der Waals surface area contributed by atoms with Crippen LogP contribution in [-0.2, 0) is 4.74 Å². The first-order valence-electron chi connectivity index (χ1n) is 3.81. The molecule has 0 aromatic carbocycles.